The Hall–Kier alpha value is -2.68. The van der Waals surface area contributed by atoms with Gasteiger partial charge < -0.3 is 14.4 Å². The molecule has 0 aromatic heterocycles. The maximum atomic E-state index is 13.0. The average molecular weight is 547 g/mol. The normalized spacial score (nSPS) is 13.2. The second-order valence-electron chi connectivity index (χ2n) is 11.2. The molecule has 0 radical (unpaired) electrons. The van der Waals surface area contributed by atoms with E-state index in [-0.39, 0.29) is 0 Å². The highest BCUT2D eigenvalue weighted by molar-refractivity contribution is 8.32. The van der Waals surface area contributed by atoms with Crippen molar-refractivity contribution in [3.05, 3.63) is 72.8 Å². The van der Waals surface area contributed by atoms with E-state index in [1.807, 2.05) is 133 Å². The summed E-state index contributed by atoms with van der Waals surface area (Å²) in [5.41, 5.74) is 0.169. The molecule has 0 aliphatic rings. The van der Waals surface area contributed by atoms with E-state index < -0.39 is 31.6 Å². The minimum atomic E-state index is -3.78. The number of nitrogens with zero attached hydrogens (tertiary/aromatic N) is 1. The standard InChI is InChI=1S/C29H39NO5S2/c1-28(2,3)33-23-12-10-14-26(20-23)37(35-36(9,31)32,25-18-16-22(17-19-25)30(7)8)27-15-11-13-24(21-27)34-29(4,5)6/h10-21H,1-9H3/p+1. The van der Waals surface area contributed by atoms with Gasteiger partial charge in [-0.05, 0) is 102 Å². The zero-order valence-electron chi connectivity index (χ0n) is 23.3. The van der Waals surface area contributed by atoms with E-state index in [2.05, 4.69) is 3.63 Å². The largest absolute Gasteiger partial charge is 0.488 e. The van der Waals surface area contributed by atoms with Gasteiger partial charge >= 0.3 is 10.1 Å². The van der Waals surface area contributed by atoms with Gasteiger partial charge in [-0.3, -0.25) is 3.63 Å². The average Bonchev–Trinajstić information content (AvgIpc) is 2.75. The Morgan fingerprint density at radius 3 is 1.46 bits per heavy atom. The van der Waals surface area contributed by atoms with Gasteiger partial charge in [0.25, 0.3) is 0 Å². The third-order valence-electron chi connectivity index (χ3n) is 5.08. The van der Waals surface area contributed by atoms with Crippen molar-refractivity contribution in [1.29, 1.82) is 0 Å². The van der Waals surface area contributed by atoms with E-state index in [4.69, 9.17) is 9.47 Å². The van der Waals surface area contributed by atoms with E-state index in [0.717, 1.165) is 26.6 Å². The van der Waals surface area contributed by atoms with Crippen molar-refractivity contribution in [3.8, 4) is 11.5 Å². The van der Waals surface area contributed by atoms with Crippen LogP contribution in [0.4, 0.5) is 5.69 Å². The van der Waals surface area contributed by atoms with Gasteiger partial charge in [0.15, 0.2) is 0 Å². The number of benzene rings is 3. The molecule has 0 saturated carbocycles. The molecule has 0 saturated heterocycles. The lowest BCUT2D eigenvalue weighted by atomic mass is 10.2. The molecule has 1 N–H and O–H groups in total. The van der Waals surface area contributed by atoms with Crippen LogP contribution in [0.5, 0.6) is 11.5 Å². The summed E-state index contributed by atoms with van der Waals surface area (Å²) in [5, 5.41) is 0. The third kappa shape index (κ3) is 7.66. The van der Waals surface area contributed by atoms with Gasteiger partial charge in [0.1, 0.15) is 29.0 Å². The van der Waals surface area contributed by atoms with E-state index in [9.17, 15) is 8.42 Å². The molecule has 3 rings (SSSR count). The Kier molecular flexibility index (Phi) is 8.27. The molecule has 0 aliphatic carbocycles. The van der Waals surface area contributed by atoms with Crippen molar-refractivity contribution in [2.24, 2.45) is 0 Å². The molecular weight excluding hydrogens is 506 g/mol. The first-order valence-corrected chi connectivity index (χ1v) is 15.6. The van der Waals surface area contributed by atoms with Crippen LogP contribution in [-0.4, -0.2) is 43.6 Å². The lowest BCUT2D eigenvalue weighted by Gasteiger charge is -2.35. The van der Waals surface area contributed by atoms with E-state index in [1.165, 1.54) is 0 Å². The molecule has 202 valence electrons. The van der Waals surface area contributed by atoms with E-state index >= 15 is 0 Å². The van der Waals surface area contributed by atoms with Crippen molar-refractivity contribution in [2.45, 2.75) is 67.4 Å². The summed E-state index contributed by atoms with van der Waals surface area (Å²) in [6.07, 6.45) is 1.15. The van der Waals surface area contributed by atoms with Gasteiger partial charge in [-0.2, -0.15) is 8.42 Å². The second-order valence-corrected chi connectivity index (χ2v) is 15.8. The smallest absolute Gasteiger partial charge is 0.387 e. The molecule has 0 heterocycles. The molecule has 0 aliphatic heterocycles. The number of rotatable bonds is 8. The second kappa shape index (κ2) is 10.6. The van der Waals surface area contributed by atoms with Gasteiger partial charge in [0, 0.05) is 19.8 Å². The Balaban J connectivity index is 2.37. The van der Waals surface area contributed by atoms with Crippen molar-refractivity contribution >= 4 is 26.1 Å². The monoisotopic (exact) mass is 546 g/mol. The molecule has 0 amide bonds. The van der Waals surface area contributed by atoms with Gasteiger partial charge in [-0.1, -0.05) is 12.1 Å². The fourth-order valence-corrected chi connectivity index (χ4v) is 8.96. The number of anilines is 1. The van der Waals surface area contributed by atoms with Crippen LogP contribution in [0.25, 0.3) is 0 Å². The summed E-state index contributed by atoms with van der Waals surface area (Å²) < 4.78 is 42.9. The minimum absolute atomic E-state index is 0.418. The summed E-state index contributed by atoms with van der Waals surface area (Å²) in [4.78, 5) is 4.31. The highest BCUT2D eigenvalue weighted by Crippen LogP contribution is 2.69. The van der Waals surface area contributed by atoms with Crippen molar-refractivity contribution in [3.63, 3.8) is 0 Å². The molecule has 8 heteroatoms. The highest BCUT2D eigenvalue weighted by atomic mass is 32.3. The maximum Gasteiger partial charge on any atom is 0.387 e. The number of ether oxygens (including phenoxy) is 2. The molecule has 6 nitrogen and oxygen atoms in total. The van der Waals surface area contributed by atoms with Crippen LogP contribution in [0.15, 0.2) is 87.5 Å². The van der Waals surface area contributed by atoms with Crippen LogP contribution in [0.3, 0.4) is 0 Å². The Morgan fingerprint density at radius 1 is 0.676 bits per heavy atom. The predicted octanol–water partition coefficient (Wildman–Crippen LogP) is 7.36. The zero-order chi connectivity index (χ0) is 27.6. The molecular formula is C29H40NO5S2+. The summed E-state index contributed by atoms with van der Waals surface area (Å²) >= 11 is 0. The summed E-state index contributed by atoms with van der Waals surface area (Å²) in [6, 6.07) is 23.1. The van der Waals surface area contributed by atoms with Crippen molar-refractivity contribution < 1.29 is 21.5 Å². The number of hydrogen-bond acceptors (Lipinski definition) is 5. The summed E-state index contributed by atoms with van der Waals surface area (Å²) in [5.74, 6) is 1.30. The molecule has 0 unspecified atom stereocenters. The Labute approximate surface area is 224 Å². The lowest BCUT2D eigenvalue weighted by Crippen LogP contribution is -2.23. The van der Waals surface area contributed by atoms with Crippen molar-refractivity contribution in [1.82, 2.24) is 0 Å². The van der Waals surface area contributed by atoms with Gasteiger partial charge in [-0.15, -0.1) is 0 Å². The van der Waals surface area contributed by atoms with Gasteiger partial charge in [0.05, 0.1) is 25.0 Å². The third-order valence-corrected chi connectivity index (χ3v) is 9.89. The first kappa shape index (κ1) is 28.9. The lowest BCUT2D eigenvalue weighted by molar-refractivity contribution is 0.130. The van der Waals surface area contributed by atoms with Crippen LogP contribution >= 0.6 is 10.3 Å². The Bertz CT molecular complexity index is 1260. The van der Waals surface area contributed by atoms with Crippen LogP contribution in [0, 0.1) is 0 Å². The fourth-order valence-electron chi connectivity index (χ4n) is 3.83. The molecule has 3 aromatic rings. The SMILES string of the molecule is CN(C)c1ccc(S([OH+]S(C)(=O)=O)(c2cccc(OC(C)(C)C)c2)c2cccc(OC(C)(C)C)c2)cc1. The molecule has 0 bridgehead atoms. The van der Waals surface area contributed by atoms with E-state index in [0.29, 0.717) is 11.5 Å². The zero-order valence-corrected chi connectivity index (χ0v) is 24.9. The highest BCUT2D eigenvalue weighted by Gasteiger charge is 2.42. The predicted molar refractivity (Wildman–Crippen MR) is 154 cm³/mol. The quantitative estimate of drug-likeness (QED) is 0.218. The summed E-state index contributed by atoms with van der Waals surface area (Å²) in [6.45, 7) is 11.9. The van der Waals surface area contributed by atoms with Crippen LogP contribution in [-0.2, 0) is 10.1 Å². The van der Waals surface area contributed by atoms with Crippen LogP contribution in [0.2, 0.25) is 0 Å². The molecule has 0 spiro atoms. The van der Waals surface area contributed by atoms with E-state index in [1.54, 1.807) is 0 Å². The van der Waals surface area contributed by atoms with Crippen LogP contribution < -0.4 is 14.4 Å². The fraction of sp³-hybridized carbons (Fsp3) is 0.379. The first-order valence-electron chi connectivity index (χ1n) is 12.1. The number of hydrogen-bond donors (Lipinski definition) is 0. The minimum Gasteiger partial charge on any atom is -0.488 e. The van der Waals surface area contributed by atoms with Gasteiger partial charge in [0.2, 0.25) is 0 Å². The van der Waals surface area contributed by atoms with Gasteiger partial charge in [-0.25, -0.2) is 0 Å². The van der Waals surface area contributed by atoms with Crippen molar-refractivity contribution in [2.75, 3.05) is 25.3 Å². The Morgan fingerprint density at radius 2 is 1.11 bits per heavy atom. The topological polar surface area (TPSA) is 68.6 Å². The maximum absolute atomic E-state index is 13.0. The molecule has 0 fully saturated rings. The first-order chi connectivity index (χ1) is 17.0. The molecule has 37 heavy (non-hydrogen) atoms. The molecule has 0 atom stereocenters. The molecule has 3 aromatic carbocycles. The summed E-state index contributed by atoms with van der Waals surface area (Å²) in [7, 11) is -2.47. The van der Waals surface area contributed by atoms with Crippen LogP contribution in [0.1, 0.15) is 41.5 Å².